The van der Waals surface area contributed by atoms with Crippen molar-refractivity contribution in [3.05, 3.63) is 54.1 Å². The molecule has 0 N–H and O–H groups in total. The first-order valence-corrected chi connectivity index (χ1v) is 7.64. The summed E-state index contributed by atoms with van der Waals surface area (Å²) in [5, 5.41) is 0. The summed E-state index contributed by atoms with van der Waals surface area (Å²) in [4.78, 5) is 26.2. The predicted octanol–water partition coefficient (Wildman–Crippen LogP) is 3.35. The Kier molecular flexibility index (Phi) is 4.09. The normalized spacial score (nSPS) is 23.0. The van der Waals surface area contributed by atoms with Crippen LogP contribution in [0.5, 0.6) is 5.75 Å². The molecule has 0 radical (unpaired) electrons. The molecule has 22 heavy (non-hydrogen) atoms. The summed E-state index contributed by atoms with van der Waals surface area (Å²) < 4.78 is 5.43. The average Bonchev–Trinajstić information content (AvgIpc) is 2.87. The third kappa shape index (κ3) is 2.82. The Labute approximate surface area is 130 Å². The van der Waals surface area contributed by atoms with Gasteiger partial charge in [0, 0.05) is 18.9 Å². The summed E-state index contributed by atoms with van der Waals surface area (Å²) in [5.41, 5.74) is 0.830. The second-order valence-corrected chi connectivity index (χ2v) is 5.56. The number of rotatable bonds is 3. The second kappa shape index (κ2) is 6.18. The molecule has 1 aliphatic carbocycles. The Morgan fingerprint density at radius 3 is 2.73 bits per heavy atom. The topological polar surface area (TPSA) is 46.6 Å². The van der Waals surface area contributed by atoms with Crippen molar-refractivity contribution in [3.8, 4) is 5.75 Å². The number of ketones is 1. The third-order valence-corrected chi connectivity index (χ3v) is 4.16. The minimum atomic E-state index is -0.357. The van der Waals surface area contributed by atoms with E-state index in [9.17, 15) is 9.59 Å². The molecule has 3 aliphatic rings. The number of hydrogen-bond donors (Lipinski definition) is 0. The van der Waals surface area contributed by atoms with Crippen LogP contribution in [0.25, 0.3) is 0 Å². The summed E-state index contributed by atoms with van der Waals surface area (Å²) in [7, 11) is 0. The fourth-order valence-corrected chi connectivity index (χ4v) is 2.96. The van der Waals surface area contributed by atoms with E-state index in [1.165, 1.54) is 0 Å². The molecular formula is C18H19NO3. The number of hydrogen-bond acceptors (Lipinski definition) is 3. The van der Waals surface area contributed by atoms with E-state index in [0.717, 1.165) is 5.57 Å². The Hall–Kier alpha value is -2.36. The zero-order valence-corrected chi connectivity index (χ0v) is 12.6. The molecule has 0 aromatic heterocycles. The summed E-state index contributed by atoms with van der Waals surface area (Å²) in [6, 6.07) is 9.02. The Morgan fingerprint density at radius 2 is 2.00 bits per heavy atom. The number of benzene rings is 1. The van der Waals surface area contributed by atoms with Crippen LogP contribution in [0.4, 0.5) is 4.79 Å². The fraction of sp³-hybridized carbons (Fsp3) is 0.333. The molecule has 2 heterocycles. The molecule has 0 unspecified atom stereocenters. The number of fused-ring (bicyclic) bond motifs is 2. The molecule has 1 amide bonds. The number of ether oxygens (including phenoxy) is 1. The molecule has 1 aromatic carbocycles. The van der Waals surface area contributed by atoms with Crippen molar-refractivity contribution >= 4 is 11.9 Å². The van der Waals surface area contributed by atoms with Gasteiger partial charge in [-0.25, -0.2) is 4.79 Å². The molecule has 1 aromatic rings. The van der Waals surface area contributed by atoms with E-state index >= 15 is 0 Å². The van der Waals surface area contributed by atoms with Crippen LogP contribution >= 0.6 is 0 Å². The standard InChI is InChI=1S/C18H19NO3/c1-2-17(20)16-11-10-14-9-8-13(16)12-19(14)18(21)22-15-6-4-3-5-7-15/h3-9,11,13-14H,2,10,12H2,1H3/t13-,14-/m0/s1. The highest BCUT2D eigenvalue weighted by molar-refractivity contribution is 5.96. The van der Waals surface area contributed by atoms with Crippen molar-refractivity contribution in [2.75, 3.05) is 6.54 Å². The number of carbonyl (C=O) groups excluding carboxylic acids is 2. The molecule has 0 spiro atoms. The first-order valence-electron chi connectivity index (χ1n) is 7.64. The molecule has 2 atom stereocenters. The molecule has 0 fully saturated rings. The van der Waals surface area contributed by atoms with Crippen LogP contribution in [0.15, 0.2) is 54.1 Å². The van der Waals surface area contributed by atoms with Crippen LogP contribution in [-0.4, -0.2) is 29.4 Å². The van der Waals surface area contributed by atoms with Gasteiger partial charge in [0.1, 0.15) is 5.75 Å². The summed E-state index contributed by atoms with van der Waals surface area (Å²) in [5.74, 6) is 0.678. The van der Waals surface area contributed by atoms with Gasteiger partial charge in [-0.3, -0.25) is 4.79 Å². The number of carbonyl (C=O) groups is 2. The van der Waals surface area contributed by atoms with E-state index in [2.05, 4.69) is 0 Å². The van der Waals surface area contributed by atoms with Gasteiger partial charge in [0.2, 0.25) is 0 Å². The molecule has 0 saturated heterocycles. The molecule has 114 valence electrons. The van der Waals surface area contributed by atoms with Crippen molar-refractivity contribution in [2.45, 2.75) is 25.8 Å². The third-order valence-electron chi connectivity index (χ3n) is 4.16. The molecule has 4 rings (SSSR count). The first kappa shape index (κ1) is 14.6. The highest BCUT2D eigenvalue weighted by Crippen LogP contribution is 2.30. The van der Waals surface area contributed by atoms with Crippen LogP contribution in [0.2, 0.25) is 0 Å². The van der Waals surface area contributed by atoms with E-state index in [-0.39, 0.29) is 23.8 Å². The van der Waals surface area contributed by atoms with Crippen molar-refractivity contribution in [1.29, 1.82) is 0 Å². The van der Waals surface area contributed by atoms with Gasteiger partial charge in [0.25, 0.3) is 0 Å². The SMILES string of the molecule is CCC(=O)C1=CC[C@@H]2C=C[C@H]1CN2C(=O)Oc1ccccc1. The van der Waals surface area contributed by atoms with Gasteiger partial charge in [-0.1, -0.05) is 43.4 Å². The minimum absolute atomic E-state index is 0.0190. The van der Waals surface area contributed by atoms with E-state index in [0.29, 0.717) is 25.1 Å². The first-order chi connectivity index (χ1) is 10.7. The lowest BCUT2D eigenvalue weighted by Gasteiger charge is -2.32. The van der Waals surface area contributed by atoms with E-state index < -0.39 is 0 Å². The zero-order chi connectivity index (χ0) is 15.5. The van der Waals surface area contributed by atoms with Crippen molar-refractivity contribution in [1.82, 2.24) is 4.90 Å². The summed E-state index contributed by atoms with van der Waals surface area (Å²) in [6.45, 7) is 2.37. The molecule has 0 saturated carbocycles. The van der Waals surface area contributed by atoms with Crippen LogP contribution < -0.4 is 4.74 Å². The molecule has 2 bridgehead atoms. The number of nitrogens with zero attached hydrogens (tertiary/aromatic N) is 1. The Bertz CT molecular complexity index is 633. The van der Waals surface area contributed by atoms with Crippen LogP contribution in [-0.2, 0) is 4.79 Å². The molecule has 4 heteroatoms. The quantitative estimate of drug-likeness (QED) is 0.804. The Morgan fingerprint density at radius 1 is 1.23 bits per heavy atom. The highest BCUT2D eigenvalue weighted by Gasteiger charge is 2.34. The van der Waals surface area contributed by atoms with Gasteiger partial charge in [-0.05, 0) is 24.1 Å². The maximum Gasteiger partial charge on any atom is 0.415 e. The van der Waals surface area contributed by atoms with E-state index in [1.807, 2.05) is 43.4 Å². The van der Waals surface area contributed by atoms with Crippen LogP contribution in [0.1, 0.15) is 19.8 Å². The van der Waals surface area contributed by atoms with Gasteiger partial charge in [0.15, 0.2) is 5.78 Å². The highest BCUT2D eigenvalue weighted by atomic mass is 16.6. The lowest BCUT2D eigenvalue weighted by atomic mass is 9.93. The lowest BCUT2D eigenvalue weighted by Crippen LogP contribution is -2.45. The van der Waals surface area contributed by atoms with Crippen LogP contribution in [0.3, 0.4) is 0 Å². The maximum absolute atomic E-state index is 12.4. The van der Waals surface area contributed by atoms with Gasteiger partial charge < -0.3 is 9.64 Å². The van der Waals surface area contributed by atoms with Crippen LogP contribution in [0, 0.1) is 5.92 Å². The summed E-state index contributed by atoms with van der Waals surface area (Å²) >= 11 is 0. The van der Waals surface area contributed by atoms with Gasteiger partial charge in [0.05, 0.1) is 6.04 Å². The second-order valence-electron chi connectivity index (χ2n) is 5.56. The lowest BCUT2D eigenvalue weighted by molar-refractivity contribution is -0.115. The monoisotopic (exact) mass is 297 g/mol. The Balaban J connectivity index is 1.74. The maximum atomic E-state index is 12.4. The van der Waals surface area contributed by atoms with Gasteiger partial charge >= 0.3 is 6.09 Å². The zero-order valence-electron chi connectivity index (χ0n) is 12.6. The summed E-state index contributed by atoms with van der Waals surface area (Å²) in [6.07, 6.45) is 6.84. The predicted molar refractivity (Wildman–Crippen MR) is 83.6 cm³/mol. The molecular weight excluding hydrogens is 278 g/mol. The smallest absolute Gasteiger partial charge is 0.410 e. The van der Waals surface area contributed by atoms with Crippen molar-refractivity contribution in [3.63, 3.8) is 0 Å². The number of para-hydroxylation sites is 1. The van der Waals surface area contributed by atoms with E-state index in [4.69, 9.17) is 4.74 Å². The molecule has 4 nitrogen and oxygen atoms in total. The largest absolute Gasteiger partial charge is 0.415 e. The fourth-order valence-electron chi connectivity index (χ4n) is 2.96. The van der Waals surface area contributed by atoms with Crippen molar-refractivity contribution in [2.24, 2.45) is 5.92 Å². The van der Waals surface area contributed by atoms with Gasteiger partial charge in [-0.15, -0.1) is 0 Å². The average molecular weight is 297 g/mol. The number of amides is 1. The van der Waals surface area contributed by atoms with Gasteiger partial charge in [-0.2, -0.15) is 0 Å². The van der Waals surface area contributed by atoms with Crippen molar-refractivity contribution < 1.29 is 14.3 Å². The van der Waals surface area contributed by atoms with E-state index in [1.54, 1.807) is 17.0 Å². The number of Topliss-reactive ketones (excluding diaryl/α,β-unsaturated/α-hetero) is 1. The minimum Gasteiger partial charge on any atom is -0.410 e. The molecule has 2 aliphatic heterocycles.